The van der Waals surface area contributed by atoms with Crippen LogP contribution in [0.2, 0.25) is 0 Å². The number of ether oxygens (including phenoxy) is 1. The third-order valence-corrected chi connectivity index (χ3v) is 2.46. The number of aromatic amines is 1. The first kappa shape index (κ1) is 13.8. The Morgan fingerprint density at radius 3 is 2.83 bits per heavy atom. The molecule has 0 radical (unpaired) electrons. The maximum atomic E-state index is 11.5. The van der Waals surface area contributed by atoms with Gasteiger partial charge in [-0.1, -0.05) is 0 Å². The minimum absolute atomic E-state index is 0.00222. The van der Waals surface area contributed by atoms with Gasteiger partial charge < -0.3 is 4.74 Å². The minimum Gasteiger partial charge on any atom is -0.446 e. The first-order chi connectivity index (χ1) is 8.34. The SMILES string of the molecule is CC(C)OC(=O)NS(=O)(=O)Nc1[nH]ncc1C#N. The van der Waals surface area contributed by atoms with Crippen LogP contribution < -0.4 is 9.44 Å². The van der Waals surface area contributed by atoms with Gasteiger partial charge in [0.2, 0.25) is 0 Å². The van der Waals surface area contributed by atoms with E-state index in [1.54, 1.807) is 24.6 Å². The lowest BCUT2D eigenvalue weighted by atomic mass is 10.4. The van der Waals surface area contributed by atoms with Crippen LogP contribution in [0.4, 0.5) is 10.6 Å². The molecule has 1 rings (SSSR count). The number of rotatable bonds is 4. The van der Waals surface area contributed by atoms with Gasteiger partial charge in [-0.05, 0) is 13.8 Å². The zero-order chi connectivity index (χ0) is 13.8. The van der Waals surface area contributed by atoms with Gasteiger partial charge in [-0.15, -0.1) is 0 Å². The van der Waals surface area contributed by atoms with Gasteiger partial charge in [-0.3, -0.25) is 5.10 Å². The zero-order valence-corrected chi connectivity index (χ0v) is 10.4. The van der Waals surface area contributed by atoms with Gasteiger partial charge in [0.1, 0.15) is 11.6 Å². The van der Waals surface area contributed by atoms with Crippen LogP contribution in [0.3, 0.4) is 0 Å². The highest BCUT2D eigenvalue weighted by atomic mass is 32.2. The summed E-state index contributed by atoms with van der Waals surface area (Å²) in [6.07, 6.45) is -0.429. The summed E-state index contributed by atoms with van der Waals surface area (Å²) in [5.74, 6) is -0.137. The fourth-order valence-electron chi connectivity index (χ4n) is 0.956. The molecule has 0 aromatic carbocycles. The fraction of sp³-hybridized carbons (Fsp3) is 0.375. The third kappa shape index (κ3) is 3.95. The lowest BCUT2D eigenvalue weighted by Gasteiger charge is -2.10. The highest BCUT2D eigenvalue weighted by Crippen LogP contribution is 2.10. The topological polar surface area (TPSA) is 137 Å². The van der Waals surface area contributed by atoms with E-state index in [1.165, 1.54) is 0 Å². The van der Waals surface area contributed by atoms with E-state index in [0.29, 0.717) is 0 Å². The standard InChI is InChI=1S/C8H11N5O4S/c1-5(2)17-8(14)13-18(15,16)12-7-6(3-9)4-10-11-7/h4-5H,1-2H3,(H,13,14)(H2,10,11,12). The molecule has 0 unspecified atom stereocenters. The Kier molecular flexibility index (Phi) is 4.11. The number of carbonyl (C=O) groups is 1. The Labute approximate surface area is 103 Å². The summed E-state index contributed by atoms with van der Waals surface area (Å²) in [5.41, 5.74) is -0.00222. The number of hydrogen-bond acceptors (Lipinski definition) is 6. The van der Waals surface area contributed by atoms with Crippen LogP contribution in [-0.4, -0.2) is 30.8 Å². The Morgan fingerprint density at radius 2 is 2.28 bits per heavy atom. The number of hydrogen-bond donors (Lipinski definition) is 3. The van der Waals surface area contributed by atoms with E-state index in [9.17, 15) is 13.2 Å². The molecule has 0 aliphatic heterocycles. The summed E-state index contributed by atoms with van der Waals surface area (Å²) in [6.45, 7) is 3.14. The van der Waals surface area contributed by atoms with Gasteiger partial charge in [0, 0.05) is 0 Å². The van der Waals surface area contributed by atoms with E-state index < -0.39 is 22.4 Å². The molecule has 1 aromatic heterocycles. The molecule has 18 heavy (non-hydrogen) atoms. The normalized spacial score (nSPS) is 10.8. The number of amides is 1. The van der Waals surface area contributed by atoms with Gasteiger partial charge in [-0.2, -0.15) is 18.8 Å². The molecule has 0 bridgehead atoms. The van der Waals surface area contributed by atoms with Crippen molar-refractivity contribution in [3.63, 3.8) is 0 Å². The number of anilines is 1. The summed E-state index contributed by atoms with van der Waals surface area (Å²) in [5, 5.41) is 14.4. The van der Waals surface area contributed by atoms with Crippen molar-refractivity contribution in [3.8, 4) is 6.07 Å². The molecular weight excluding hydrogens is 262 g/mol. The van der Waals surface area contributed by atoms with Crippen LogP contribution >= 0.6 is 0 Å². The van der Waals surface area contributed by atoms with Gasteiger partial charge >= 0.3 is 16.3 Å². The van der Waals surface area contributed by atoms with Crippen LogP contribution in [-0.2, 0) is 14.9 Å². The summed E-state index contributed by atoms with van der Waals surface area (Å²) in [4.78, 5) is 11.1. The van der Waals surface area contributed by atoms with Crippen molar-refractivity contribution in [1.29, 1.82) is 5.26 Å². The molecule has 0 aliphatic carbocycles. The largest absolute Gasteiger partial charge is 0.446 e. The minimum atomic E-state index is -4.18. The molecule has 0 spiro atoms. The maximum absolute atomic E-state index is 11.5. The summed E-state index contributed by atoms with van der Waals surface area (Å²) >= 11 is 0. The number of H-pyrrole nitrogens is 1. The highest BCUT2D eigenvalue weighted by molar-refractivity contribution is 7.91. The molecule has 0 saturated carbocycles. The maximum Gasteiger partial charge on any atom is 0.422 e. The van der Waals surface area contributed by atoms with Gasteiger partial charge in [-0.25, -0.2) is 14.2 Å². The Bertz CT molecular complexity index is 571. The number of nitrogens with one attached hydrogen (secondary N) is 3. The Hall–Kier alpha value is -2.28. The molecule has 10 heteroatoms. The molecular formula is C8H11N5O4S. The predicted molar refractivity (Wildman–Crippen MR) is 60.6 cm³/mol. The first-order valence-electron chi connectivity index (χ1n) is 4.78. The van der Waals surface area contributed by atoms with Crippen molar-refractivity contribution in [3.05, 3.63) is 11.8 Å². The molecule has 1 heterocycles. The Morgan fingerprint density at radius 1 is 1.61 bits per heavy atom. The van der Waals surface area contributed by atoms with Gasteiger partial charge in [0.15, 0.2) is 5.82 Å². The number of nitriles is 1. The van der Waals surface area contributed by atoms with E-state index in [1.807, 2.05) is 4.72 Å². The molecule has 0 fully saturated rings. The van der Waals surface area contributed by atoms with Crippen molar-refractivity contribution < 1.29 is 17.9 Å². The van der Waals surface area contributed by atoms with Crippen molar-refractivity contribution in [2.24, 2.45) is 0 Å². The second-order valence-corrected chi connectivity index (χ2v) is 4.85. The number of carbonyl (C=O) groups excluding carboxylic acids is 1. The number of nitrogens with zero attached hydrogens (tertiary/aromatic N) is 2. The van der Waals surface area contributed by atoms with E-state index in [4.69, 9.17) is 5.26 Å². The quantitative estimate of drug-likeness (QED) is 0.710. The van der Waals surface area contributed by atoms with Gasteiger partial charge in [0.25, 0.3) is 0 Å². The average Bonchev–Trinajstić information content (AvgIpc) is 2.61. The van der Waals surface area contributed by atoms with Gasteiger partial charge in [0.05, 0.1) is 12.3 Å². The second kappa shape index (κ2) is 5.37. The van der Waals surface area contributed by atoms with Crippen molar-refractivity contribution in [2.75, 3.05) is 4.72 Å². The third-order valence-electron chi connectivity index (χ3n) is 1.56. The predicted octanol–water partition coefficient (Wildman–Crippen LogP) is 0.0727. The monoisotopic (exact) mass is 273 g/mol. The molecule has 1 aromatic rings. The lowest BCUT2D eigenvalue weighted by molar-refractivity contribution is 0.121. The molecule has 3 N–H and O–H groups in total. The van der Waals surface area contributed by atoms with E-state index in [2.05, 4.69) is 14.9 Å². The summed E-state index contributed by atoms with van der Waals surface area (Å²) in [7, 11) is -4.18. The van der Waals surface area contributed by atoms with Crippen LogP contribution in [0, 0.1) is 11.3 Å². The second-order valence-electron chi connectivity index (χ2n) is 3.43. The number of aromatic nitrogens is 2. The summed E-state index contributed by atoms with van der Waals surface area (Å²) < 4.78 is 31.1. The smallest absolute Gasteiger partial charge is 0.422 e. The molecule has 9 nitrogen and oxygen atoms in total. The highest BCUT2D eigenvalue weighted by Gasteiger charge is 2.18. The van der Waals surface area contributed by atoms with Crippen LogP contribution in [0.25, 0.3) is 0 Å². The van der Waals surface area contributed by atoms with E-state index >= 15 is 0 Å². The van der Waals surface area contributed by atoms with E-state index in [-0.39, 0.29) is 11.4 Å². The van der Waals surface area contributed by atoms with Crippen LogP contribution in [0.1, 0.15) is 19.4 Å². The lowest BCUT2D eigenvalue weighted by Crippen LogP contribution is -2.37. The summed E-state index contributed by atoms with van der Waals surface area (Å²) in [6, 6.07) is 1.72. The molecule has 98 valence electrons. The Balaban J connectivity index is 2.72. The zero-order valence-electron chi connectivity index (χ0n) is 9.59. The average molecular weight is 273 g/mol. The van der Waals surface area contributed by atoms with Crippen molar-refractivity contribution >= 4 is 22.1 Å². The first-order valence-corrected chi connectivity index (χ1v) is 6.27. The molecule has 0 saturated heterocycles. The molecule has 1 amide bonds. The van der Waals surface area contributed by atoms with Crippen molar-refractivity contribution in [2.45, 2.75) is 20.0 Å². The van der Waals surface area contributed by atoms with Crippen LogP contribution in [0.5, 0.6) is 0 Å². The van der Waals surface area contributed by atoms with E-state index in [0.717, 1.165) is 6.20 Å². The fourth-order valence-corrected chi connectivity index (χ4v) is 1.70. The van der Waals surface area contributed by atoms with Crippen LogP contribution in [0.15, 0.2) is 6.20 Å². The molecule has 0 aliphatic rings. The molecule has 0 atom stereocenters. The van der Waals surface area contributed by atoms with Crippen molar-refractivity contribution in [1.82, 2.24) is 14.9 Å².